The fraction of sp³-hybridized carbons (Fsp3) is 0.294. The topological polar surface area (TPSA) is 55.4 Å². The lowest BCUT2D eigenvalue weighted by molar-refractivity contribution is 0.318. The van der Waals surface area contributed by atoms with E-state index in [1.54, 1.807) is 0 Å². The Balaban J connectivity index is 1.97. The molecular formula is C17H19F2NO3S. The quantitative estimate of drug-likeness (QED) is 0.774. The number of hydrogen-bond acceptors (Lipinski definition) is 3. The third kappa shape index (κ3) is 4.75. The van der Waals surface area contributed by atoms with Crippen LogP contribution in [0.2, 0.25) is 0 Å². The predicted molar refractivity (Wildman–Crippen MR) is 87.6 cm³/mol. The van der Waals surface area contributed by atoms with Gasteiger partial charge in [-0.25, -0.2) is 21.9 Å². The molecule has 24 heavy (non-hydrogen) atoms. The fourth-order valence-electron chi connectivity index (χ4n) is 2.19. The largest absolute Gasteiger partial charge is 0.492 e. The van der Waals surface area contributed by atoms with Gasteiger partial charge in [0, 0.05) is 12.6 Å². The molecule has 0 fully saturated rings. The van der Waals surface area contributed by atoms with Crippen LogP contribution in [-0.4, -0.2) is 21.6 Å². The molecule has 0 aromatic heterocycles. The first-order valence-corrected chi connectivity index (χ1v) is 8.95. The molecule has 0 unspecified atom stereocenters. The van der Waals surface area contributed by atoms with Gasteiger partial charge in [0.05, 0.1) is 4.90 Å². The average molecular weight is 355 g/mol. The average Bonchev–Trinajstić information content (AvgIpc) is 2.51. The van der Waals surface area contributed by atoms with Gasteiger partial charge in [-0.15, -0.1) is 0 Å². The lowest BCUT2D eigenvalue weighted by atomic mass is 10.0. The molecule has 0 heterocycles. The summed E-state index contributed by atoms with van der Waals surface area (Å²) < 4.78 is 58.2. The van der Waals surface area contributed by atoms with Gasteiger partial charge in [0.15, 0.2) is 0 Å². The Morgan fingerprint density at radius 1 is 1.08 bits per heavy atom. The van der Waals surface area contributed by atoms with Gasteiger partial charge < -0.3 is 4.74 Å². The van der Waals surface area contributed by atoms with Crippen molar-refractivity contribution in [3.63, 3.8) is 0 Å². The monoisotopic (exact) mass is 355 g/mol. The van der Waals surface area contributed by atoms with Crippen LogP contribution < -0.4 is 9.46 Å². The minimum atomic E-state index is -4.00. The van der Waals surface area contributed by atoms with Crippen LogP contribution in [0.4, 0.5) is 8.78 Å². The van der Waals surface area contributed by atoms with Crippen molar-refractivity contribution in [2.24, 2.45) is 0 Å². The van der Waals surface area contributed by atoms with Gasteiger partial charge in [0.2, 0.25) is 10.0 Å². The molecule has 2 rings (SSSR count). The number of halogens is 2. The van der Waals surface area contributed by atoms with E-state index in [2.05, 4.69) is 4.72 Å². The first-order valence-electron chi connectivity index (χ1n) is 7.47. The maximum atomic E-state index is 13.1. The van der Waals surface area contributed by atoms with Crippen LogP contribution in [0, 0.1) is 11.6 Å². The summed E-state index contributed by atoms with van der Waals surface area (Å²) in [6, 6.07) is 9.64. The Bertz CT molecular complexity index is 787. The fourth-order valence-corrected chi connectivity index (χ4v) is 3.25. The number of para-hydroxylation sites is 1. The standard InChI is InChI=1S/C17H19F2NO3S/c1-12(2)16-5-3-4-6-17(16)23-8-7-20-24(21,22)15-10-13(18)9-14(19)11-15/h3-6,9-12,20H,7-8H2,1-2H3. The van der Waals surface area contributed by atoms with Gasteiger partial charge in [-0.3, -0.25) is 0 Å². The van der Waals surface area contributed by atoms with Crippen molar-refractivity contribution in [1.82, 2.24) is 4.72 Å². The van der Waals surface area contributed by atoms with Gasteiger partial charge in [0.25, 0.3) is 0 Å². The van der Waals surface area contributed by atoms with Gasteiger partial charge >= 0.3 is 0 Å². The summed E-state index contributed by atoms with van der Waals surface area (Å²) in [6.45, 7) is 4.14. The molecule has 0 amide bonds. The van der Waals surface area contributed by atoms with Crippen LogP contribution in [0.5, 0.6) is 5.75 Å². The summed E-state index contributed by atoms with van der Waals surface area (Å²) in [5.74, 6) is -0.938. The molecule has 0 aliphatic heterocycles. The molecule has 0 saturated heterocycles. The molecule has 0 bridgehead atoms. The minimum Gasteiger partial charge on any atom is -0.492 e. The Labute approximate surface area is 140 Å². The van der Waals surface area contributed by atoms with Crippen LogP contribution in [0.3, 0.4) is 0 Å². The van der Waals surface area contributed by atoms with Crippen molar-refractivity contribution < 1.29 is 21.9 Å². The van der Waals surface area contributed by atoms with E-state index in [1.165, 1.54) is 0 Å². The van der Waals surface area contributed by atoms with Crippen molar-refractivity contribution in [2.45, 2.75) is 24.7 Å². The molecule has 0 aliphatic carbocycles. The molecule has 0 atom stereocenters. The number of hydrogen-bond donors (Lipinski definition) is 1. The van der Waals surface area contributed by atoms with Crippen LogP contribution in [0.1, 0.15) is 25.3 Å². The van der Waals surface area contributed by atoms with Crippen molar-refractivity contribution >= 4 is 10.0 Å². The highest BCUT2D eigenvalue weighted by atomic mass is 32.2. The van der Waals surface area contributed by atoms with Crippen LogP contribution in [0.25, 0.3) is 0 Å². The zero-order chi connectivity index (χ0) is 17.7. The van der Waals surface area contributed by atoms with Gasteiger partial charge in [-0.2, -0.15) is 0 Å². The number of benzene rings is 2. The number of nitrogens with one attached hydrogen (secondary N) is 1. The lowest BCUT2D eigenvalue weighted by Crippen LogP contribution is -2.28. The highest BCUT2D eigenvalue weighted by Crippen LogP contribution is 2.25. The highest BCUT2D eigenvalue weighted by Gasteiger charge is 2.16. The molecule has 7 heteroatoms. The number of ether oxygens (including phenoxy) is 1. The van der Waals surface area contributed by atoms with E-state index >= 15 is 0 Å². The zero-order valence-electron chi connectivity index (χ0n) is 13.4. The van der Waals surface area contributed by atoms with E-state index in [0.717, 1.165) is 17.7 Å². The third-order valence-electron chi connectivity index (χ3n) is 3.34. The van der Waals surface area contributed by atoms with Gasteiger partial charge in [0.1, 0.15) is 24.0 Å². The zero-order valence-corrected chi connectivity index (χ0v) is 14.2. The Kier molecular flexibility index (Phi) is 5.90. The molecule has 2 aromatic carbocycles. The molecule has 130 valence electrons. The molecule has 0 spiro atoms. The second kappa shape index (κ2) is 7.72. The maximum absolute atomic E-state index is 13.1. The molecule has 4 nitrogen and oxygen atoms in total. The Morgan fingerprint density at radius 2 is 1.71 bits per heavy atom. The second-order valence-corrected chi connectivity index (χ2v) is 7.31. The summed E-state index contributed by atoms with van der Waals surface area (Å²) in [5.41, 5.74) is 1.02. The van der Waals surface area contributed by atoms with E-state index in [0.29, 0.717) is 11.8 Å². The first-order chi connectivity index (χ1) is 11.3. The Morgan fingerprint density at radius 3 is 2.33 bits per heavy atom. The van der Waals surface area contributed by atoms with E-state index in [-0.39, 0.29) is 19.1 Å². The summed E-state index contributed by atoms with van der Waals surface area (Å²) in [5, 5.41) is 0. The molecule has 0 radical (unpaired) electrons. The van der Waals surface area contributed by atoms with Crippen LogP contribution >= 0.6 is 0 Å². The summed E-state index contributed by atoms with van der Waals surface area (Å²) >= 11 is 0. The molecule has 2 aromatic rings. The summed E-state index contributed by atoms with van der Waals surface area (Å²) in [4.78, 5) is -0.456. The van der Waals surface area contributed by atoms with Crippen LogP contribution in [-0.2, 0) is 10.0 Å². The SMILES string of the molecule is CC(C)c1ccccc1OCCNS(=O)(=O)c1cc(F)cc(F)c1. The van der Waals surface area contributed by atoms with Crippen molar-refractivity contribution in [3.05, 3.63) is 59.7 Å². The first kappa shape index (κ1) is 18.4. The maximum Gasteiger partial charge on any atom is 0.240 e. The third-order valence-corrected chi connectivity index (χ3v) is 4.78. The van der Waals surface area contributed by atoms with E-state index in [1.807, 2.05) is 38.1 Å². The summed E-state index contributed by atoms with van der Waals surface area (Å²) in [7, 11) is -4.00. The molecule has 0 aliphatic rings. The Hall–Kier alpha value is -1.99. The van der Waals surface area contributed by atoms with Gasteiger partial charge in [-0.1, -0.05) is 32.0 Å². The minimum absolute atomic E-state index is 0.0209. The normalized spacial score (nSPS) is 11.7. The second-order valence-electron chi connectivity index (χ2n) is 5.54. The molecule has 0 saturated carbocycles. The van der Waals surface area contributed by atoms with Crippen molar-refractivity contribution in [2.75, 3.05) is 13.2 Å². The number of rotatable bonds is 7. The summed E-state index contributed by atoms with van der Waals surface area (Å²) in [6.07, 6.45) is 0. The highest BCUT2D eigenvalue weighted by molar-refractivity contribution is 7.89. The van der Waals surface area contributed by atoms with Gasteiger partial charge in [-0.05, 0) is 29.7 Å². The van der Waals surface area contributed by atoms with Crippen molar-refractivity contribution in [3.8, 4) is 5.75 Å². The molecular weight excluding hydrogens is 336 g/mol. The predicted octanol–water partition coefficient (Wildman–Crippen LogP) is 3.45. The van der Waals surface area contributed by atoms with E-state index in [9.17, 15) is 17.2 Å². The van der Waals surface area contributed by atoms with E-state index in [4.69, 9.17) is 4.74 Å². The van der Waals surface area contributed by atoms with E-state index < -0.39 is 26.6 Å². The van der Waals surface area contributed by atoms with Crippen molar-refractivity contribution in [1.29, 1.82) is 0 Å². The number of sulfonamides is 1. The smallest absolute Gasteiger partial charge is 0.240 e. The van der Waals surface area contributed by atoms with Crippen LogP contribution in [0.15, 0.2) is 47.4 Å². The lowest BCUT2D eigenvalue weighted by Gasteiger charge is -2.14. The molecule has 1 N–H and O–H groups in total.